The molecular formula is C13H22ClN3OS. The Morgan fingerprint density at radius 2 is 2.16 bits per heavy atom. The summed E-state index contributed by atoms with van der Waals surface area (Å²) >= 11 is 1.62. The number of thiazole rings is 1. The first-order chi connectivity index (χ1) is 8.83. The summed E-state index contributed by atoms with van der Waals surface area (Å²) in [7, 11) is 0. The molecule has 2 fully saturated rings. The molecule has 1 unspecified atom stereocenters. The van der Waals surface area contributed by atoms with E-state index in [1.54, 1.807) is 11.3 Å². The Bertz CT molecular complexity index is 395. The molecule has 4 nitrogen and oxygen atoms in total. The Balaban J connectivity index is 0.00000133. The summed E-state index contributed by atoms with van der Waals surface area (Å²) in [5, 5.41) is 0.687. The summed E-state index contributed by atoms with van der Waals surface area (Å²) in [5.74, 6) is 0.825. The van der Waals surface area contributed by atoms with Crippen LogP contribution in [0.4, 0.5) is 5.13 Å². The van der Waals surface area contributed by atoms with Gasteiger partial charge in [-0.3, -0.25) is 4.90 Å². The van der Waals surface area contributed by atoms with Crippen molar-refractivity contribution in [2.24, 2.45) is 5.92 Å². The van der Waals surface area contributed by atoms with Crippen LogP contribution in [0.15, 0.2) is 6.20 Å². The van der Waals surface area contributed by atoms with Gasteiger partial charge >= 0.3 is 0 Å². The minimum Gasteiger partial charge on any atom is -0.381 e. The molecule has 19 heavy (non-hydrogen) atoms. The molecule has 0 aromatic carbocycles. The number of nitrogens with zero attached hydrogens (tertiary/aromatic N) is 2. The molecular weight excluding hydrogens is 282 g/mol. The molecule has 2 saturated heterocycles. The van der Waals surface area contributed by atoms with E-state index < -0.39 is 0 Å². The van der Waals surface area contributed by atoms with Gasteiger partial charge in [0.05, 0.1) is 0 Å². The number of halogens is 1. The van der Waals surface area contributed by atoms with Crippen LogP contribution < -0.4 is 5.73 Å². The lowest BCUT2D eigenvalue weighted by Crippen LogP contribution is -2.37. The zero-order chi connectivity index (χ0) is 12.4. The predicted molar refractivity (Wildman–Crippen MR) is 80.7 cm³/mol. The number of likely N-dealkylation sites (tertiary alicyclic amines) is 1. The smallest absolute Gasteiger partial charge is 0.180 e. The summed E-state index contributed by atoms with van der Waals surface area (Å²) in [6, 6.07) is 0.747. The molecule has 1 aromatic rings. The van der Waals surface area contributed by atoms with Crippen molar-refractivity contribution in [2.75, 3.05) is 25.5 Å². The first-order valence-electron chi connectivity index (χ1n) is 6.85. The second-order valence-electron chi connectivity index (χ2n) is 5.29. The van der Waals surface area contributed by atoms with E-state index in [9.17, 15) is 0 Å². The van der Waals surface area contributed by atoms with Crippen LogP contribution in [0.25, 0.3) is 0 Å². The zero-order valence-electron chi connectivity index (χ0n) is 11.1. The van der Waals surface area contributed by atoms with Gasteiger partial charge < -0.3 is 10.5 Å². The third-order valence-electron chi connectivity index (χ3n) is 4.15. The SMILES string of the molecule is Cl.Nc1ncc(CN2CCCC2C2CCOCC2)s1. The third-order valence-corrected chi connectivity index (χ3v) is 4.97. The average Bonchev–Trinajstić information content (AvgIpc) is 3.00. The topological polar surface area (TPSA) is 51.4 Å². The van der Waals surface area contributed by atoms with Crippen molar-refractivity contribution in [1.29, 1.82) is 0 Å². The number of hydrogen-bond acceptors (Lipinski definition) is 5. The van der Waals surface area contributed by atoms with Gasteiger partial charge in [-0.1, -0.05) is 0 Å². The molecule has 0 aliphatic carbocycles. The van der Waals surface area contributed by atoms with E-state index in [1.807, 2.05) is 6.20 Å². The predicted octanol–water partition coefficient (Wildman–Crippen LogP) is 2.54. The molecule has 108 valence electrons. The van der Waals surface area contributed by atoms with Gasteiger partial charge in [0, 0.05) is 36.9 Å². The minimum atomic E-state index is 0. The van der Waals surface area contributed by atoms with Crippen LogP contribution in [-0.4, -0.2) is 35.7 Å². The van der Waals surface area contributed by atoms with Crippen LogP contribution in [0.5, 0.6) is 0 Å². The second kappa shape index (κ2) is 6.88. The molecule has 3 rings (SSSR count). The highest BCUT2D eigenvalue weighted by Crippen LogP contribution is 2.32. The third kappa shape index (κ3) is 3.60. The lowest BCUT2D eigenvalue weighted by Gasteiger charge is -2.33. The lowest BCUT2D eigenvalue weighted by molar-refractivity contribution is 0.0347. The maximum atomic E-state index is 5.70. The Morgan fingerprint density at radius 3 is 2.84 bits per heavy atom. The van der Waals surface area contributed by atoms with E-state index in [0.29, 0.717) is 5.13 Å². The Hall–Kier alpha value is -0.360. The van der Waals surface area contributed by atoms with Crippen molar-refractivity contribution in [1.82, 2.24) is 9.88 Å². The Morgan fingerprint density at radius 1 is 1.37 bits per heavy atom. The van der Waals surface area contributed by atoms with Crippen molar-refractivity contribution in [3.63, 3.8) is 0 Å². The molecule has 1 aromatic heterocycles. The number of nitrogens with two attached hydrogens (primary N) is 1. The maximum absolute atomic E-state index is 5.70. The van der Waals surface area contributed by atoms with Gasteiger partial charge in [0.15, 0.2) is 5.13 Å². The fourth-order valence-corrected chi connectivity index (χ4v) is 3.99. The molecule has 1 atom stereocenters. The highest BCUT2D eigenvalue weighted by Gasteiger charge is 2.32. The normalized spacial score (nSPS) is 25.4. The van der Waals surface area contributed by atoms with E-state index in [2.05, 4.69) is 9.88 Å². The van der Waals surface area contributed by atoms with Crippen molar-refractivity contribution in [2.45, 2.75) is 38.3 Å². The first-order valence-corrected chi connectivity index (χ1v) is 7.66. The van der Waals surface area contributed by atoms with Crippen molar-refractivity contribution in [3.8, 4) is 0 Å². The fourth-order valence-electron chi connectivity index (χ4n) is 3.28. The second-order valence-corrected chi connectivity index (χ2v) is 6.44. The monoisotopic (exact) mass is 303 g/mol. The molecule has 2 N–H and O–H groups in total. The molecule has 0 saturated carbocycles. The van der Waals surface area contributed by atoms with E-state index in [1.165, 1.54) is 37.1 Å². The van der Waals surface area contributed by atoms with Gasteiger partial charge in [-0.05, 0) is 38.1 Å². The molecule has 2 aliphatic rings. The number of rotatable bonds is 3. The van der Waals surface area contributed by atoms with E-state index in [0.717, 1.165) is 31.7 Å². The molecule has 2 aliphatic heterocycles. The van der Waals surface area contributed by atoms with Crippen LogP contribution in [-0.2, 0) is 11.3 Å². The maximum Gasteiger partial charge on any atom is 0.180 e. The van der Waals surface area contributed by atoms with Crippen LogP contribution in [0.3, 0.4) is 0 Å². The van der Waals surface area contributed by atoms with Crippen molar-refractivity contribution < 1.29 is 4.74 Å². The van der Waals surface area contributed by atoms with Gasteiger partial charge in [0.1, 0.15) is 0 Å². The van der Waals surface area contributed by atoms with Gasteiger partial charge in [-0.2, -0.15) is 0 Å². The number of nitrogen functional groups attached to an aromatic ring is 1. The van der Waals surface area contributed by atoms with E-state index in [4.69, 9.17) is 10.5 Å². The molecule has 3 heterocycles. The summed E-state index contributed by atoms with van der Waals surface area (Å²) < 4.78 is 5.47. The molecule has 0 spiro atoms. The summed E-state index contributed by atoms with van der Waals surface area (Å²) in [5.41, 5.74) is 5.70. The van der Waals surface area contributed by atoms with E-state index in [-0.39, 0.29) is 12.4 Å². The quantitative estimate of drug-likeness (QED) is 0.932. The van der Waals surface area contributed by atoms with Crippen molar-refractivity contribution in [3.05, 3.63) is 11.1 Å². The summed E-state index contributed by atoms with van der Waals surface area (Å²) in [4.78, 5) is 8.07. The molecule has 0 radical (unpaired) electrons. The minimum absolute atomic E-state index is 0. The largest absolute Gasteiger partial charge is 0.381 e. The van der Waals surface area contributed by atoms with Gasteiger partial charge in [0.2, 0.25) is 0 Å². The fraction of sp³-hybridized carbons (Fsp3) is 0.769. The van der Waals surface area contributed by atoms with E-state index >= 15 is 0 Å². The molecule has 6 heteroatoms. The number of anilines is 1. The first kappa shape index (κ1) is 15.0. The Kier molecular flexibility index (Phi) is 5.45. The van der Waals surface area contributed by atoms with Gasteiger partial charge in [-0.15, -0.1) is 23.7 Å². The highest BCUT2D eigenvalue weighted by molar-refractivity contribution is 7.15. The Labute approximate surface area is 124 Å². The number of aromatic nitrogens is 1. The van der Waals surface area contributed by atoms with Crippen LogP contribution in [0.1, 0.15) is 30.6 Å². The van der Waals surface area contributed by atoms with Crippen LogP contribution >= 0.6 is 23.7 Å². The number of hydrogen-bond donors (Lipinski definition) is 1. The standard InChI is InChI=1S/C13H21N3OS.ClH/c14-13-15-8-11(18-13)9-16-5-1-2-12(16)10-3-6-17-7-4-10;/h8,10,12H,1-7,9H2,(H2,14,15);1H. The molecule has 0 amide bonds. The van der Waals surface area contributed by atoms with Crippen LogP contribution in [0.2, 0.25) is 0 Å². The van der Waals surface area contributed by atoms with Gasteiger partial charge in [-0.25, -0.2) is 4.98 Å². The summed E-state index contributed by atoms with van der Waals surface area (Å²) in [6.45, 7) is 4.14. The summed E-state index contributed by atoms with van der Waals surface area (Å²) in [6.07, 6.45) is 7.06. The highest BCUT2D eigenvalue weighted by atomic mass is 35.5. The average molecular weight is 304 g/mol. The zero-order valence-corrected chi connectivity index (χ0v) is 12.7. The van der Waals surface area contributed by atoms with Crippen LogP contribution in [0, 0.1) is 5.92 Å². The molecule has 0 bridgehead atoms. The van der Waals surface area contributed by atoms with Crippen molar-refractivity contribution >= 4 is 28.9 Å². The lowest BCUT2D eigenvalue weighted by atomic mass is 9.90. The van der Waals surface area contributed by atoms with Gasteiger partial charge in [0.25, 0.3) is 0 Å². The number of ether oxygens (including phenoxy) is 1.